The molecule has 0 fully saturated rings. The van der Waals surface area contributed by atoms with E-state index in [1.54, 1.807) is 0 Å². The summed E-state index contributed by atoms with van der Waals surface area (Å²) in [6.45, 7) is 10.9. The molecule has 0 spiro atoms. The van der Waals surface area contributed by atoms with Crippen LogP contribution in [0.15, 0.2) is 22.7 Å². The van der Waals surface area contributed by atoms with Crippen molar-refractivity contribution in [2.45, 2.75) is 46.7 Å². The summed E-state index contributed by atoms with van der Waals surface area (Å²) in [6.07, 6.45) is 1.22. The van der Waals surface area contributed by atoms with Crippen molar-refractivity contribution in [2.24, 2.45) is 5.92 Å². The van der Waals surface area contributed by atoms with Gasteiger partial charge in [0.05, 0.1) is 0 Å². The third-order valence-electron chi connectivity index (χ3n) is 3.44. The van der Waals surface area contributed by atoms with Gasteiger partial charge in [-0.3, -0.25) is 0 Å². The standard InChI is InChI=1S/C16H27BrN2/c1-6-13(4)11-19(5)16-8-7-15(17)9-14(16)10-18-12(2)3/h7-9,12-13,18H,6,10-11H2,1-5H3. The van der Waals surface area contributed by atoms with Gasteiger partial charge in [-0.1, -0.05) is 50.0 Å². The number of hydrogen-bond donors (Lipinski definition) is 1. The predicted octanol–water partition coefficient (Wildman–Crippen LogP) is 4.43. The lowest BCUT2D eigenvalue weighted by Gasteiger charge is -2.26. The number of halogens is 1. The maximum absolute atomic E-state index is 3.57. The van der Waals surface area contributed by atoms with Crippen LogP contribution in [-0.2, 0) is 6.54 Å². The number of nitrogens with zero attached hydrogens (tertiary/aromatic N) is 1. The zero-order chi connectivity index (χ0) is 14.4. The number of benzene rings is 1. The molecule has 1 aromatic carbocycles. The molecule has 0 bridgehead atoms. The molecule has 0 aliphatic rings. The Labute approximate surface area is 126 Å². The van der Waals surface area contributed by atoms with Crippen LogP contribution in [0, 0.1) is 5.92 Å². The van der Waals surface area contributed by atoms with Gasteiger partial charge in [0.1, 0.15) is 0 Å². The van der Waals surface area contributed by atoms with Gasteiger partial charge in [-0.2, -0.15) is 0 Å². The summed E-state index contributed by atoms with van der Waals surface area (Å²) in [7, 11) is 2.19. The first-order valence-corrected chi connectivity index (χ1v) is 7.96. The Hall–Kier alpha value is -0.540. The summed E-state index contributed by atoms with van der Waals surface area (Å²) >= 11 is 3.57. The van der Waals surface area contributed by atoms with Crippen LogP contribution < -0.4 is 10.2 Å². The third kappa shape index (κ3) is 5.53. The maximum atomic E-state index is 3.57. The van der Waals surface area contributed by atoms with Crippen LogP contribution in [0.5, 0.6) is 0 Å². The molecule has 1 unspecified atom stereocenters. The molecule has 0 aliphatic carbocycles. The van der Waals surface area contributed by atoms with Gasteiger partial charge in [0, 0.05) is 36.3 Å². The Morgan fingerprint density at radius 3 is 2.53 bits per heavy atom. The lowest BCUT2D eigenvalue weighted by atomic mass is 10.1. The minimum Gasteiger partial charge on any atom is -0.374 e. The Morgan fingerprint density at radius 2 is 1.95 bits per heavy atom. The summed E-state index contributed by atoms with van der Waals surface area (Å²) in [5, 5.41) is 3.50. The van der Waals surface area contributed by atoms with Crippen LogP contribution in [0.2, 0.25) is 0 Å². The Morgan fingerprint density at radius 1 is 1.26 bits per heavy atom. The van der Waals surface area contributed by atoms with E-state index < -0.39 is 0 Å². The minimum atomic E-state index is 0.506. The fourth-order valence-corrected chi connectivity index (χ4v) is 2.49. The third-order valence-corrected chi connectivity index (χ3v) is 3.93. The molecule has 1 atom stereocenters. The number of nitrogens with one attached hydrogen (secondary N) is 1. The van der Waals surface area contributed by atoms with Crippen molar-refractivity contribution in [3.8, 4) is 0 Å². The fraction of sp³-hybridized carbons (Fsp3) is 0.625. The lowest BCUT2D eigenvalue weighted by molar-refractivity contribution is 0.555. The van der Waals surface area contributed by atoms with Gasteiger partial charge in [0.15, 0.2) is 0 Å². The van der Waals surface area contributed by atoms with Gasteiger partial charge in [-0.25, -0.2) is 0 Å². The first kappa shape index (κ1) is 16.5. The maximum Gasteiger partial charge on any atom is 0.0410 e. The van der Waals surface area contributed by atoms with E-state index in [-0.39, 0.29) is 0 Å². The molecule has 0 heterocycles. The molecule has 0 saturated heterocycles. The molecule has 0 aliphatic heterocycles. The topological polar surface area (TPSA) is 15.3 Å². The van der Waals surface area contributed by atoms with E-state index in [9.17, 15) is 0 Å². The Bertz CT molecular complexity index is 390. The molecule has 0 radical (unpaired) electrons. The van der Waals surface area contributed by atoms with Crippen molar-refractivity contribution in [3.63, 3.8) is 0 Å². The second-order valence-electron chi connectivity index (χ2n) is 5.70. The average Bonchev–Trinajstić information content (AvgIpc) is 2.36. The van der Waals surface area contributed by atoms with E-state index >= 15 is 0 Å². The van der Waals surface area contributed by atoms with Crippen LogP contribution in [0.3, 0.4) is 0 Å². The monoisotopic (exact) mass is 326 g/mol. The summed E-state index contributed by atoms with van der Waals surface area (Å²) in [4.78, 5) is 2.37. The summed E-state index contributed by atoms with van der Waals surface area (Å²) in [6, 6.07) is 7.06. The zero-order valence-corrected chi connectivity index (χ0v) is 14.4. The number of hydrogen-bond acceptors (Lipinski definition) is 2. The van der Waals surface area contributed by atoms with Crippen LogP contribution in [0.4, 0.5) is 5.69 Å². The van der Waals surface area contributed by atoms with Gasteiger partial charge < -0.3 is 10.2 Å². The molecule has 108 valence electrons. The molecule has 0 saturated carbocycles. The molecular formula is C16H27BrN2. The van der Waals surface area contributed by atoms with Crippen LogP contribution in [0.25, 0.3) is 0 Å². The number of rotatable bonds is 7. The second kappa shape index (κ2) is 7.91. The van der Waals surface area contributed by atoms with E-state index in [1.165, 1.54) is 17.7 Å². The Kier molecular flexibility index (Phi) is 6.87. The molecule has 0 aromatic heterocycles. The van der Waals surface area contributed by atoms with E-state index in [2.05, 4.69) is 79.1 Å². The van der Waals surface area contributed by atoms with E-state index in [4.69, 9.17) is 0 Å². The molecular weight excluding hydrogens is 300 g/mol. The van der Waals surface area contributed by atoms with E-state index in [1.807, 2.05) is 0 Å². The molecule has 0 amide bonds. The van der Waals surface area contributed by atoms with Gasteiger partial charge in [0.2, 0.25) is 0 Å². The highest BCUT2D eigenvalue weighted by Gasteiger charge is 2.11. The molecule has 1 N–H and O–H groups in total. The summed E-state index contributed by atoms with van der Waals surface area (Å²) < 4.78 is 1.15. The fourth-order valence-electron chi connectivity index (χ4n) is 2.08. The SMILES string of the molecule is CCC(C)CN(C)c1ccc(Br)cc1CNC(C)C. The first-order chi connectivity index (χ1) is 8.93. The largest absolute Gasteiger partial charge is 0.374 e. The van der Waals surface area contributed by atoms with Gasteiger partial charge in [-0.15, -0.1) is 0 Å². The van der Waals surface area contributed by atoms with Crippen molar-refractivity contribution >= 4 is 21.6 Å². The lowest BCUT2D eigenvalue weighted by Crippen LogP contribution is -2.27. The number of anilines is 1. The van der Waals surface area contributed by atoms with Crippen molar-refractivity contribution in [1.29, 1.82) is 0 Å². The highest BCUT2D eigenvalue weighted by Crippen LogP contribution is 2.25. The minimum absolute atomic E-state index is 0.506. The first-order valence-electron chi connectivity index (χ1n) is 7.17. The van der Waals surface area contributed by atoms with Crippen LogP contribution in [0.1, 0.15) is 39.7 Å². The van der Waals surface area contributed by atoms with E-state index in [0.717, 1.165) is 23.5 Å². The quantitative estimate of drug-likeness (QED) is 0.797. The van der Waals surface area contributed by atoms with Gasteiger partial charge in [-0.05, 0) is 29.7 Å². The normalized spacial score (nSPS) is 12.8. The molecule has 3 heteroatoms. The van der Waals surface area contributed by atoms with Crippen molar-refractivity contribution in [2.75, 3.05) is 18.5 Å². The van der Waals surface area contributed by atoms with Crippen LogP contribution >= 0.6 is 15.9 Å². The second-order valence-corrected chi connectivity index (χ2v) is 6.62. The Balaban J connectivity index is 2.85. The highest BCUT2D eigenvalue weighted by atomic mass is 79.9. The summed E-state index contributed by atoms with van der Waals surface area (Å²) in [5.74, 6) is 0.722. The van der Waals surface area contributed by atoms with E-state index in [0.29, 0.717) is 6.04 Å². The average molecular weight is 327 g/mol. The van der Waals surface area contributed by atoms with Gasteiger partial charge >= 0.3 is 0 Å². The highest BCUT2D eigenvalue weighted by molar-refractivity contribution is 9.10. The van der Waals surface area contributed by atoms with Crippen LogP contribution in [-0.4, -0.2) is 19.6 Å². The van der Waals surface area contributed by atoms with Gasteiger partial charge in [0.25, 0.3) is 0 Å². The molecule has 19 heavy (non-hydrogen) atoms. The molecule has 1 rings (SSSR count). The molecule has 1 aromatic rings. The smallest absolute Gasteiger partial charge is 0.0410 e. The predicted molar refractivity (Wildman–Crippen MR) is 88.8 cm³/mol. The van der Waals surface area contributed by atoms with Crippen molar-refractivity contribution < 1.29 is 0 Å². The van der Waals surface area contributed by atoms with Crippen molar-refractivity contribution in [1.82, 2.24) is 5.32 Å². The summed E-state index contributed by atoms with van der Waals surface area (Å²) in [5.41, 5.74) is 2.69. The zero-order valence-electron chi connectivity index (χ0n) is 12.8. The van der Waals surface area contributed by atoms with Crippen molar-refractivity contribution in [3.05, 3.63) is 28.2 Å². The molecule has 2 nitrogen and oxygen atoms in total.